The average Bonchev–Trinajstić information content (AvgIpc) is 3.23. The fourth-order valence-electron chi connectivity index (χ4n) is 4.28. The Morgan fingerprint density at radius 1 is 1.19 bits per heavy atom. The van der Waals surface area contributed by atoms with Gasteiger partial charge in [-0.2, -0.15) is 0 Å². The first-order valence-electron chi connectivity index (χ1n) is 12.0. The Morgan fingerprint density at radius 3 is 2.65 bits per heavy atom. The number of ether oxygens (including phenoxy) is 1. The van der Waals surface area contributed by atoms with Crippen molar-refractivity contribution < 1.29 is 19.4 Å². The number of likely N-dealkylation sites (tertiary alicyclic amines) is 1. The average molecular weight is 543 g/mol. The molecule has 1 aliphatic heterocycles. The number of pyridine rings is 1. The molecule has 2 heterocycles. The normalized spacial score (nSPS) is 15.1. The molecule has 194 valence electrons. The second kappa shape index (κ2) is 12.2. The molecule has 8 nitrogen and oxygen atoms in total. The van der Waals surface area contributed by atoms with Gasteiger partial charge in [0.05, 0.1) is 5.56 Å². The highest BCUT2D eigenvalue weighted by molar-refractivity contribution is 6.35. The number of nitrogens with one attached hydrogen (secondary N) is 1. The summed E-state index contributed by atoms with van der Waals surface area (Å²) in [5, 5.41) is 13.3. The summed E-state index contributed by atoms with van der Waals surface area (Å²) in [4.78, 5) is 31.1. The Bertz CT molecular complexity index is 1250. The van der Waals surface area contributed by atoms with Gasteiger partial charge in [0.25, 0.3) is 5.91 Å². The molecule has 0 saturated carbocycles. The van der Waals surface area contributed by atoms with Crippen molar-refractivity contribution in [1.29, 1.82) is 0 Å². The predicted octanol–water partition coefficient (Wildman–Crippen LogP) is 4.61. The number of phenols is 1. The monoisotopic (exact) mass is 542 g/mol. The molecule has 0 bridgehead atoms. The molecule has 1 aliphatic rings. The number of hydrogen-bond acceptors (Lipinski definition) is 6. The summed E-state index contributed by atoms with van der Waals surface area (Å²) in [7, 11) is 0. The minimum Gasteiger partial charge on any atom is -0.508 e. The number of halogens is 2. The smallest absolute Gasteiger partial charge is 0.252 e. The third kappa shape index (κ3) is 6.84. The Morgan fingerprint density at radius 2 is 1.92 bits per heavy atom. The fraction of sp³-hybridized carbons (Fsp3) is 0.296. The quantitative estimate of drug-likeness (QED) is 0.344. The van der Waals surface area contributed by atoms with Crippen LogP contribution >= 0.6 is 23.2 Å². The molecule has 3 aromatic rings. The molecule has 1 fully saturated rings. The molecule has 1 aromatic heterocycles. The summed E-state index contributed by atoms with van der Waals surface area (Å²) in [6.45, 7) is 1.08. The summed E-state index contributed by atoms with van der Waals surface area (Å²) < 4.78 is 5.76. The number of carbonyl (C=O) groups excluding carboxylic acids is 2. The molecule has 4 rings (SSSR count). The van der Waals surface area contributed by atoms with Crippen LogP contribution < -0.4 is 15.8 Å². The van der Waals surface area contributed by atoms with Crippen molar-refractivity contribution in [3.8, 4) is 11.5 Å². The van der Waals surface area contributed by atoms with Crippen molar-refractivity contribution >= 4 is 40.8 Å². The van der Waals surface area contributed by atoms with Gasteiger partial charge in [-0.15, -0.1) is 0 Å². The topological polar surface area (TPSA) is 118 Å². The molecule has 37 heavy (non-hydrogen) atoms. The van der Waals surface area contributed by atoms with Crippen molar-refractivity contribution in [3.05, 3.63) is 81.5 Å². The number of anilines is 1. The van der Waals surface area contributed by atoms with E-state index in [1.54, 1.807) is 30.3 Å². The van der Waals surface area contributed by atoms with Gasteiger partial charge in [-0.3, -0.25) is 9.59 Å². The van der Waals surface area contributed by atoms with Crippen LogP contribution in [0.5, 0.6) is 11.5 Å². The van der Waals surface area contributed by atoms with E-state index in [0.717, 1.165) is 12.0 Å². The van der Waals surface area contributed by atoms with E-state index in [-0.39, 0.29) is 41.8 Å². The minimum absolute atomic E-state index is 0.0636. The van der Waals surface area contributed by atoms with Crippen LogP contribution in [0.4, 0.5) is 5.82 Å². The van der Waals surface area contributed by atoms with Crippen molar-refractivity contribution in [3.63, 3.8) is 0 Å². The van der Waals surface area contributed by atoms with E-state index in [4.69, 9.17) is 33.7 Å². The number of nitrogens with zero attached hydrogens (tertiary/aromatic N) is 2. The SMILES string of the molecule is Nc1ncc(C(=O)NCCC2CCC(=O)N2CCc2ccc(O)cc2)cc1OCc1c(Cl)cccc1Cl. The molecule has 0 aliphatic carbocycles. The van der Waals surface area contributed by atoms with E-state index < -0.39 is 0 Å². The number of phenolic OH excluding ortho intramolecular Hbond substituents is 1. The Hall–Kier alpha value is -3.49. The maximum Gasteiger partial charge on any atom is 0.252 e. The van der Waals surface area contributed by atoms with E-state index in [1.165, 1.54) is 12.3 Å². The number of carbonyl (C=O) groups is 2. The van der Waals surface area contributed by atoms with Gasteiger partial charge in [0, 0.05) is 47.4 Å². The number of rotatable bonds is 10. The van der Waals surface area contributed by atoms with Crippen LogP contribution in [0.1, 0.15) is 40.7 Å². The second-order valence-corrected chi connectivity index (χ2v) is 9.65. The van der Waals surface area contributed by atoms with Gasteiger partial charge in [-0.25, -0.2) is 4.98 Å². The van der Waals surface area contributed by atoms with Gasteiger partial charge < -0.3 is 25.8 Å². The van der Waals surface area contributed by atoms with E-state index >= 15 is 0 Å². The second-order valence-electron chi connectivity index (χ2n) is 8.84. The van der Waals surface area contributed by atoms with E-state index in [9.17, 15) is 14.7 Å². The lowest BCUT2D eigenvalue weighted by Crippen LogP contribution is -2.37. The highest BCUT2D eigenvalue weighted by Gasteiger charge is 2.30. The van der Waals surface area contributed by atoms with Crippen LogP contribution in [0.3, 0.4) is 0 Å². The number of amides is 2. The summed E-state index contributed by atoms with van der Waals surface area (Å²) >= 11 is 12.4. The summed E-state index contributed by atoms with van der Waals surface area (Å²) in [5.41, 5.74) is 7.91. The van der Waals surface area contributed by atoms with Crippen molar-refractivity contribution in [2.45, 2.75) is 38.3 Å². The van der Waals surface area contributed by atoms with Crippen LogP contribution in [0.25, 0.3) is 0 Å². The number of aromatic hydroxyl groups is 1. The summed E-state index contributed by atoms with van der Waals surface area (Å²) in [6, 6.07) is 13.8. The zero-order valence-corrected chi connectivity index (χ0v) is 21.6. The molecule has 1 unspecified atom stereocenters. The van der Waals surface area contributed by atoms with Crippen LogP contribution in [0, 0.1) is 0 Å². The maximum absolute atomic E-state index is 12.8. The third-order valence-corrected chi connectivity index (χ3v) is 7.08. The largest absolute Gasteiger partial charge is 0.508 e. The fourth-order valence-corrected chi connectivity index (χ4v) is 4.79. The highest BCUT2D eigenvalue weighted by atomic mass is 35.5. The molecule has 0 radical (unpaired) electrons. The molecular formula is C27H28Cl2N4O4. The van der Waals surface area contributed by atoms with Gasteiger partial charge >= 0.3 is 0 Å². The van der Waals surface area contributed by atoms with Gasteiger partial charge in [0.15, 0.2) is 11.6 Å². The minimum atomic E-state index is -0.312. The first kappa shape index (κ1) is 26.6. The van der Waals surface area contributed by atoms with Crippen LogP contribution in [0.15, 0.2) is 54.7 Å². The number of nitrogen functional groups attached to an aromatic ring is 1. The molecule has 2 aromatic carbocycles. The summed E-state index contributed by atoms with van der Waals surface area (Å²) in [5.74, 6) is 0.430. The molecule has 1 saturated heterocycles. The third-order valence-electron chi connectivity index (χ3n) is 6.37. The number of hydrogen-bond donors (Lipinski definition) is 3. The van der Waals surface area contributed by atoms with E-state index in [2.05, 4.69) is 10.3 Å². The van der Waals surface area contributed by atoms with Crippen LogP contribution in [0.2, 0.25) is 10.0 Å². The first-order valence-corrected chi connectivity index (χ1v) is 12.7. The zero-order valence-electron chi connectivity index (χ0n) is 20.1. The first-order chi connectivity index (χ1) is 17.8. The number of benzene rings is 2. The number of aromatic nitrogens is 1. The van der Waals surface area contributed by atoms with Gasteiger partial charge in [-0.1, -0.05) is 41.4 Å². The lowest BCUT2D eigenvalue weighted by Gasteiger charge is -2.25. The standard InChI is InChI=1S/C27H28Cl2N4O4/c28-22-2-1-3-23(29)21(22)16-37-24-14-18(15-32-26(24)30)27(36)31-12-10-19-6-9-25(35)33(19)13-11-17-4-7-20(34)8-5-17/h1-5,7-8,14-15,19,34H,6,9-13,16H2,(H2,30,32)(H,31,36). The molecule has 2 amide bonds. The Kier molecular flexibility index (Phi) is 8.74. The van der Waals surface area contributed by atoms with Gasteiger partial charge in [0.1, 0.15) is 12.4 Å². The van der Waals surface area contributed by atoms with Crippen molar-refractivity contribution in [2.24, 2.45) is 0 Å². The zero-order chi connectivity index (χ0) is 26.4. The predicted molar refractivity (Wildman–Crippen MR) is 143 cm³/mol. The Labute approximate surface area is 225 Å². The highest BCUT2D eigenvalue weighted by Crippen LogP contribution is 2.28. The van der Waals surface area contributed by atoms with Gasteiger partial charge in [0.2, 0.25) is 5.91 Å². The lowest BCUT2D eigenvalue weighted by molar-refractivity contribution is -0.128. The van der Waals surface area contributed by atoms with Crippen LogP contribution in [-0.4, -0.2) is 45.9 Å². The Balaban J connectivity index is 1.30. The molecule has 4 N–H and O–H groups in total. The van der Waals surface area contributed by atoms with Crippen molar-refractivity contribution in [2.75, 3.05) is 18.8 Å². The molecule has 10 heteroatoms. The maximum atomic E-state index is 12.8. The van der Waals surface area contributed by atoms with E-state index in [0.29, 0.717) is 53.5 Å². The molecular weight excluding hydrogens is 515 g/mol. The molecule has 1 atom stereocenters. The lowest BCUT2D eigenvalue weighted by atomic mass is 10.1. The van der Waals surface area contributed by atoms with E-state index in [1.807, 2.05) is 17.0 Å². The molecule has 0 spiro atoms. The van der Waals surface area contributed by atoms with Crippen LogP contribution in [-0.2, 0) is 17.8 Å². The number of nitrogens with two attached hydrogens (primary N) is 1. The van der Waals surface area contributed by atoms with Crippen molar-refractivity contribution in [1.82, 2.24) is 15.2 Å². The summed E-state index contributed by atoms with van der Waals surface area (Å²) in [6.07, 6.45) is 4.00. The van der Waals surface area contributed by atoms with Gasteiger partial charge in [-0.05, 0) is 55.2 Å².